The minimum absolute atomic E-state index is 0.316. The second-order valence-corrected chi connectivity index (χ2v) is 10.1. The molecule has 0 aliphatic heterocycles. The van der Waals surface area contributed by atoms with Crippen LogP contribution < -0.4 is 10.4 Å². The van der Waals surface area contributed by atoms with Crippen LogP contribution in [0.1, 0.15) is 11.1 Å². The summed E-state index contributed by atoms with van der Waals surface area (Å²) in [6.45, 7) is 2.52. The van der Waals surface area contributed by atoms with Gasteiger partial charge in [0.15, 0.2) is 0 Å². The Labute approximate surface area is 180 Å². The van der Waals surface area contributed by atoms with Crippen molar-refractivity contribution >= 4 is 87.5 Å². The number of ether oxygens (including phenoxy) is 2. The van der Waals surface area contributed by atoms with Crippen LogP contribution in [0.25, 0.3) is 0 Å². The first-order valence-corrected chi connectivity index (χ1v) is 9.16. The van der Waals surface area contributed by atoms with Crippen molar-refractivity contribution in [2.75, 3.05) is 18.2 Å². The van der Waals surface area contributed by atoms with Crippen molar-refractivity contribution in [2.24, 2.45) is 0 Å². The van der Waals surface area contributed by atoms with E-state index in [9.17, 15) is 9.59 Å². The van der Waals surface area contributed by atoms with Crippen molar-refractivity contribution in [3.8, 4) is 0 Å². The second-order valence-electron chi connectivity index (χ2n) is 5.10. The molecule has 0 aromatic heterocycles. The minimum atomic E-state index is -1.82. The molecule has 0 bridgehead atoms. The molecule has 1 aromatic carbocycles. The number of carbonyl (C=O) groups excluding carboxylic acids is 2. The molecule has 146 valence electrons. The summed E-state index contributed by atoms with van der Waals surface area (Å²) >= 11 is 33.2. The molecule has 0 heterocycles. The fraction of sp³-hybridized carbons (Fsp3) is 0.429. The van der Waals surface area contributed by atoms with Gasteiger partial charge in [0.1, 0.15) is 13.2 Å². The first kappa shape index (κ1) is 23.5. The van der Waals surface area contributed by atoms with E-state index in [1.54, 1.807) is 25.1 Å². The summed E-state index contributed by atoms with van der Waals surface area (Å²) in [5.74, 6) is 0. The number of hydrazine groups is 1. The first-order chi connectivity index (χ1) is 11.8. The Bertz CT molecular complexity index is 660. The summed E-state index contributed by atoms with van der Waals surface area (Å²) < 4.78 is 6.01. The van der Waals surface area contributed by atoms with Crippen molar-refractivity contribution in [1.82, 2.24) is 5.43 Å². The van der Waals surface area contributed by atoms with Crippen molar-refractivity contribution in [3.05, 3.63) is 29.3 Å². The summed E-state index contributed by atoms with van der Waals surface area (Å²) in [6.07, 6.45) is -2.06. The van der Waals surface area contributed by atoms with E-state index in [0.717, 1.165) is 10.6 Å². The minimum Gasteiger partial charge on any atom is -0.444 e. The van der Waals surface area contributed by atoms with Crippen molar-refractivity contribution < 1.29 is 19.1 Å². The molecular formula is C14H14Cl6N2O4. The molecule has 0 atom stereocenters. The van der Waals surface area contributed by atoms with E-state index < -0.39 is 33.0 Å². The van der Waals surface area contributed by atoms with Crippen molar-refractivity contribution in [1.29, 1.82) is 0 Å². The molecule has 0 unspecified atom stereocenters. The molecule has 0 saturated carbocycles. The summed E-state index contributed by atoms with van der Waals surface area (Å²) in [5, 5.41) is 0.798. The van der Waals surface area contributed by atoms with Crippen LogP contribution in [-0.2, 0) is 9.47 Å². The van der Waals surface area contributed by atoms with Crippen LogP contribution in [0.4, 0.5) is 15.3 Å². The van der Waals surface area contributed by atoms with Gasteiger partial charge in [-0.3, -0.25) is 0 Å². The highest BCUT2D eigenvalue weighted by Gasteiger charge is 2.28. The number of nitrogens with one attached hydrogen (secondary N) is 1. The van der Waals surface area contributed by atoms with Gasteiger partial charge in [-0.15, -0.1) is 0 Å². The number of carbonyl (C=O) groups is 2. The topological polar surface area (TPSA) is 67.9 Å². The van der Waals surface area contributed by atoms with Gasteiger partial charge in [0.25, 0.3) is 0 Å². The van der Waals surface area contributed by atoms with Crippen LogP contribution in [0.15, 0.2) is 18.2 Å². The Kier molecular flexibility index (Phi) is 8.71. The highest BCUT2D eigenvalue weighted by atomic mass is 35.6. The molecule has 0 fully saturated rings. The Hall–Kier alpha value is -0.500. The van der Waals surface area contributed by atoms with Crippen LogP contribution in [0.2, 0.25) is 0 Å². The molecule has 26 heavy (non-hydrogen) atoms. The van der Waals surface area contributed by atoms with E-state index in [-0.39, 0.29) is 0 Å². The standard InChI is InChI=1S/C14H14Cl6N2O4/c1-8-3-4-10(9(2)5-8)22(12(24)26-7-14(18,19)20)21-11(23)25-6-13(15,16)17/h3-5H,6-7H2,1-2H3,(H,21,23). The molecule has 1 rings (SSSR count). The lowest BCUT2D eigenvalue weighted by atomic mass is 10.1. The molecule has 1 N–H and O–H groups in total. The van der Waals surface area contributed by atoms with Gasteiger partial charge in [0.2, 0.25) is 7.59 Å². The Morgan fingerprint density at radius 3 is 2.04 bits per heavy atom. The lowest BCUT2D eigenvalue weighted by molar-refractivity contribution is 0.135. The molecule has 0 aliphatic carbocycles. The summed E-state index contributed by atoms with van der Waals surface area (Å²) in [4.78, 5) is 24.3. The number of halogens is 6. The quantitative estimate of drug-likeness (QED) is 0.444. The van der Waals surface area contributed by atoms with Crippen LogP contribution >= 0.6 is 69.6 Å². The highest BCUT2D eigenvalue weighted by Crippen LogP contribution is 2.28. The third-order valence-corrected chi connectivity index (χ3v) is 3.36. The van der Waals surface area contributed by atoms with Gasteiger partial charge < -0.3 is 9.47 Å². The lowest BCUT2D eigenvalue weighted by Gasteiger charge is -2.25. The van der Waals surface area contributed by atoms with Gasteiger partial charge in [0.05, 0.1) is 5.69 Å². The molecular weight excluding hydrogens is 473 g/mol. The SMILES string of the molecule is Cc1ccc(N(NC(=O)OCC(Cl)(Cl)Cl)C(=O)OCC(Cl)(Cl)Cl)c(C)c1. The Morgan fingerprint density at radius 1 is 1.00 bits per heavy atom. The lowest BCUT2D eigenvalue weighted by Crippen LogP contribution is -2.48. The molecule has 6 nitrogen and oxygen atoms in total. The third-order valence-electron chi connectivity index (χ3n) is 2.71. The van der Waals surface area contributed by atoms with Crippen molar-refractivity contribution in [2.45, 2.75) is 21.4 Å². The van der Waals surface area contributed by atoms with E-state index in [0.29, 0.717) is 11.3 Å². The van der Waals surface area contributed by atoms with Gasteiger partial charge >= 0.3 is 12.2 Å². The molecule has 0 aliphatic rings. The fourth-order valence-electron chi connectivity index (χ4n) is 1.74. The number of hydrogen-bond acceptors (Lipinski definition) is 4. The molecule has 12 heteroatoms. The van der Waals surface area contributed by atoms with Crippen LogP contribution in [0, 0.1) is 13.8 Å². The normalized spacial score (nSPS) is 11.7. The molecule has 0 saturated heterocycles. The maximum atomic E-state index is 12.3. The molecule has 1 aromatic rings. The largest absolute Gasteiger partial charge is 0.444 e. The number of rotatable bonds is 3. The maximum absolute atomic E-state index is 12.3. The number of anilines is 1. The first-order valence-electron chi connectivity index (χ1n) is 6.89. The summed E-state index contributed by atoms with van der Waals surface area (Å²) in [7, 11) is 0. The average molecular weight is 487 g/mol. The predicted molar refractivity (Wildman–Crippen MR) is 105 cm³/mol. The number of benzene rings is 1. The average Bonchev–Trinajstić information content (AvgIpc) is 2.47. The Balaban J connectivity index is 2.98. The van der Waals surface area contributed by atoms with E-state index in [1.807, 2.05) is 6.92 Å². The number of alkyl halides is 6. The van der Waals surface area contributed by atoms with Gasteiger partial charge in [-0.25, -0.2) is 15.0 Å². The fourth-order valence-corrected chi connectivity index (χ4v) is 2.07. The highest BCUT2D eigenvalue weighted by molar-refractivity contribution is 6.68. The van der Waals surface area contributed by atoms with E-state index in [2.05, 4.69) is 5.43 Å². The number of aryl methyl sites for hydroxylation is 2. The molecule has 0 spiro atoms. The van der Waals surface area contributed by atoms with Crippen molar-refractivity contribution in [3.63, 3.8) is 0 Å². The van der Waals surface area contributed by atoms with E-state index in [1.165, 1.54) is 0 Å². The number of amides is 2. The molecule has 0 radical (unpaired) electrons. The van der Waals surface area contributed by atoms with E-state index in [4.69, 9.17) is 79.1 Å². The van der Waals surface area contributed by atoms with Gasteiger partial charge in [-0.2, -0.15) is 5.01 Å². The van der Waals surface area contributed by atoms with Gasteiger partial charge in [-0.05, 0) is 25.5 Å². The monoisotopic (exact) mass is 484 g/mol. The van der Waals surface area contributed by atoms with Crippen LogP contribution in [0.5, 0.6) is 0 Å². The third kappa shape index (κ3) is 8.93. The Morgan fingerprint density at radius 2 is 1.54 bits per heavy atom. The van der Waals surface area contributed by atoms with E-state index >= 15 is 0 Å². The zero-order valence-electron chi connectivity index (χ0n) is 13.5. The zero-order valence-corrected chi connectivity index (χ0v) is 18.0. The smallest absolute Gasteiger partial charge is 0.433 e. The summed E-state index contributed by atoms with van der Waals surface area (Å²) in [5.41, 5.74) is 4.12. The molecule has 2 amide bonds. The van der Waals surface area contributed by atoms with Gasteiger partial charge in [-0.1, -0.05) is 87.3 Å². The second kappa shape index (κ2) is 9.62. The predicted octanol–water partition coefficient (Wildman–Crippen LogP) is 5.63. The number of nitrogens with zero attached hydrogens (tertiary/aromatic N) is 1. The van der Waals surface area contributed by atoms with Crippen LogP contribution in [0.3, 0.4) is 0 Å². The van der Waals surface area contributed by atoms with Crippen LogP contribution in [-0.4, -0.2) is 33.0 Å². The zero-order chi connectivity index (χ0) is 20.1. The summed E-state index contributed by atoms with van der Waals surface area (Å²) in [6, 6.07) is 5.11. The maximum Gasteiger partial charge on any atom is 0.433 e. The van der Waals surface area contributed by atoms with Gasteiger partial charge in [0, 0.05) is 0 Å². The number of hydrogen-bond donors (Lipinski definition) is 1.